The number of urea groups is 1. The highest BCUT2D eigenvalue weighted by molar-refractivity contribution is 5.77. The third kappa shape index (κ3) is 5.18. The lowest BCUT2D eigenvalue weighted by molar-refractivity contribution is -0.129. The monoisotopic (exact) mass is 349 g/mol. The zero-order valence-electron chi connectivity index (χ0n) is 15.4. The Morgan fingerprint density at radius 2 is 2.08 bits per heavy atom. The topological polar surface area (TPSA) is 61.4 Å². The van der Waals surface area contributed by atoms with Gasteiger partial charge in [-0.25, -0.2) is 9.18 Å². The van der Waals surface area contributed by atoms with Gasteiger partial charge in [0.1, 0.15) is 5.82 Å². The molecule has 2 rings (SSSR count). The highest BCUT2D eigenvalue weighted by Gasteiger charge is 2.30. The first-order chi connectivity index (χ1) is 11.7. The molecule has 6 heteroatoms. The molecule has 0 saturated carbocycles. The number of carbonyl (C=O) groups is 2. The van der Waals surface area contributed by atoms with E-state index in [-0.39, 0.29) is 35.3 Å². The molecule has 1 aromatic rings. The van der Waals surface area contributed by atoms with E-state index in [9.17, 15) is 14.0 Å². The third-order valence-electron chi connectivity index (χ3n) is 4.50. The zero-order chi connectivity index (χ0) is 18.6. The number of nitrogens with zero attached hydrogens (tertiary/aromatic N) is 1. The van der Waals surface area contributed by atoms with Crippen LogP contribution in [0.4, 0.5) is 9.18 Å². The van der Waals surface area contributed by atoms with Crippen molar-refractivity contribution >= 4 is 11.9 Å². The molecule has 138 valence electrons. The van der Waals surface area contributed by atoms with E-state index >= 15 is 0 Å². The summed E-state index contributed by atoms with van der Waals surface area (Å²) in [6, 6.07) is 5.64. The molecule has 0 aliphatic carbocycles. The summed E-state index contributed by atoms with van der Waals surface area (Å²) in [6.07, 6.45) is 1.23. The summed E-state index contributed by atoms with van der Waals surface area (Å²) in [6.45, 7) is 9.05. The van der Waals surface area contributed by atoms with Crippen LogP contribution in [0.25, 0.3) is 0 Å². The molecule has 0 unspecified atom stereocenters. The maximum Gasteiger partial charge on any atom is 0.315 e. The minimum absolute atomic E-state index is 0.0522. The SMILES string of the molecule is CCC(=O)N1CC[C@H](NC(=O)N[C@@H](c2cccc(F)c2)C(C)(C)C)C1. The summed E-state index contributed by atoms with van der Waals surface area (Å²) in [4.78, 5) is 26.0. The number of amides is 3. The van der Waals surface area contributed by atoms with Gasteiger partial charge in [-0.15, -0.1) is 0 Å². The Labute approximate surface area is 149 Å². The van der Waals surface area contributed by atoms with Crippen molar-refractivity contribution in [2.24, 2.45) is 5.41 Å². The molecule has 0 bridgehead atoms. The second kappa shape index (κ2) is 7.85. The van der Waals surface area contributed by atoms with Gasteiger partial charge in [-0.1, -0.05) is 39.8 Å². The van der Waals surface area contributed by atoms with Crippen molar-refractivity contribution in [2.75, 3.05) is 13.1 Å². The van der Waals surface area contributed by atoms with Gasteiger partial charge in [0.15, 0.2) is 0 Å². The first kappa shape index (κ1) is 19.2. The number of hydrogen-bond donors (Lipinski definition) is 2. The summed E-state index contributed by atoms with van der Waals surface area (Å²) in [7, 11) is 0. The van der Waals surface area contributed by atoms with Crippen LogP contribution in [0.2, 0.25) is 0 Å². The van der Waals surface area contributed by atoms with E-state index in [1.807, 2.05) is 33.8 Å². The van der Waals surface area contributed by atoms with Crippen molar-refractivity contribution in [1.29, 1.82) is 0 Å². The summed E-state index contributed by atoms with van der Waals surface area (Å²) < 4.78 is 13.6. The van der Waals surface area contributed by atoms with E-state index in [0.29, 0.717) is 19.5 Å². The second-order valence-electron chi connectivity index (χ2n) is 7.65. The Bertz CT molecular complexity index is 627. The Morgan fingerprint density at radius 3 is 2.68 bits per heavy atom. The molecule has 2 atom stereocenters. The third-order valence-corrected chi connectivity index (χ3v) is 4.50. The standard InChI is InChI=1S/C19H28FN3O2/c1-5-16(24)23-10-9-15(12-23)21-18(25)22-17(19(2,3)4)13-7-6-8-14(20)11-13/h6-8,11,15,17H,5,9-10,12H2,1-4H3,(H2,21,22,25)/t15-,17-/m0/s1. The van der Waals surface area contributed by atoms with E-state index in [4.69, 9.17) is 0 Å². The summed E-state index contributed by atoms with van der Waals surface area (Å²) in [5, 5.41) is 5.90. The summed E-state index contributed by atoms with van der Waals surface area (Å²) in [5.74, 6) is -0.212. The maximum atomic E-state index is 13.6. The van der Waals surface area contributed by atoms with Gasteiger partial charge in [-0.3, -0.25) is 4.79 Å². The highest BCUT2D eigenvalue weighted by atomic mass is 19.1. The Hall–Kier alpha value is -2.11. The number of hydrogen-bond acceptors (Lipinski definition) is 2. The van der Waals surface area contributed by atoms with Gasteiger partial charge < -0.3 is 15.5 Å². The molecule has 0 radical (unpaired) electrons. The molecule has 0 spiro atoms. The molecular weight excluding hydrogens is 321 g/mol. The molecule has 2 N–H and O–H groups in total. The van der Waals surface area contributed by atoms with Gasteiger partial charge in [-0.05, 0) is 29.5 Å². The van der Waals surface area contributed by atoms with Crippen LogP contribution in [-0.4, -0.2) is 36.0 Å². The first-order valence-corrected chi connectivity index (χ1v) is 8.81. The molecule has 3 amide bonds. The van der Waals surface area contributed by atoms with Gasteiger partial charge in [0.05, 0.1) is 6.04 Å². The van der Waals surface area contributed by atoms with Crippen molar-refractivity contribution in [3.05, 3.63) is 35.6 Å². The lowest BCUT2D eigenvalue weighted by Gasteiger charge is -2.32. The van der Waals surface area contributed by atoms with Crippen molar-refractivity contribution < 1.29 is 14.0 Å². The molecule has 25 heavy (non-hydrogen) atoms. The fourth-order valence-electron chi connectivity index (χ4n) is 3.17. The first-order valence-electron chi connectivity index (χ1n) is 8.81. The summed E-state index contributed by atoms with van der Waals surface area (Å²) >= 11 is 0. The molecule has 1 aliphatic rings. The van der Waals surface area contributed by atoms with Gasteiger partial charge in [0.2, 0.25) is 5.91 Å². The summed E-state index contributed by atoms with van der Waals surface area (Å²) in [5.41, 5.74) is 0.460. The highest BCUT2D eigenvalue weighted by Crippen LogP contribution is 2.32. The minimum atomic E-state index is -0.321. The van der Waals surface area contributed by atoms with Crippen LogP contribution in [0.1, 0.15) is 52.1 Å². The van der Waals surface area contributed by atoms with Crippen molar-refractivity contribution in [3.8, 4) is 0 Å². The van der Waals surface area contributed by atoms with Gasteiger partial charge >= 0.3 is 6.03 Å². The van der Waals surface area contributed by atoms with Crippen molar-refractivity contribution in [2.45, 2.75) is 52.6 Å². The molecule has 1 heterocycles. The van der Waals surface area contributed by atoms with E-state index < -0.39 is 0 Å². The van der Waals surface area contributed by atoms with Gasteiger partial charge in [-0.2, -0.15) is 0 Å². The number of halogens is 1. The fourth-order valence-corrected chi connectivity index (χ4v) is 3.17. The molecule has 1 aromatic carbocycles. The van der Waals surface area contributed by atoms with Crippen LogP contribution in [0.5, 0.6) is 0 Å². The fraction of sp³-hybridized carbons (Fsp3) is 0.579. The van der Waals surface area contributed by atoms with Crippen LogP contribution in [0.3, 0.4) is 0 Å². The predicted molar refractivity (Wildman–Crippen MR) is 95.5 cm³/mol. The van der Waals surface area contributed by atoms with E-state index in [1.54, 1.807) is 11.0 Å². The van der Waals surface area contributed by atoms with E-state index in [2.05, 4.69) is 10.6 Å². The number of nitrogens with one attached hydrogen (secondary N) is 2. The smallest absolute Gasteiger partial charge is 0.315 e. The largest absolute Gasteiger partial charge is 0.341 e. The lowest BCUT2D eigenvalue weighted by Crippen LogP contribution is -2.47. The van der Waals surface area contributed by atoms with Crippen LogP contribution in [0.15, 0.2) is 24.3 Å². The van der Waals surface area contributed by atoms with Crippen LogP contribution < -0.4 is 10.6 Å². The lowest BCUT2D eigenvalue weighted by atomic mass is 9.82. The Morgan fingerprint density at radius 1 is 1.36 bits per heavy atom. The average Bonchev–Trinajstić information content (AvgIpc) is 2.99. The number of carbonyl (C=O) groups excluding carboxylic acids is 2. The minimum Gasteiger partial charge on any atom is -0.341 e. The molecular formula is C19H28FN3O2. The molecule has 5 nitrogen and oxygen atoms in total. The average molecular weight is 349 g/mol. The van der Waals surface area contributed by atoms with Crippen LogP contribution in [0, 0.1) is 11.2 Å². The van der Waals surface area contributed by atoms with Crippen LogP contribution >= 0.6 is 0 Å². The molecule has 1 aliphatic heterocycles. The normalized spacial score (nSPS) is 18.8. The Balaban J connectivity index is 2.00. The van der Waals surface area contributed by atoms with E-state index in [1.165, 1.54) is 12.1 Å². The second-order valence-corrected chi connectivity index (χ2v) is 7.65. The number of likely N-dealkylation sites (tertiary alicyclic amines) is 1. The van der Waals surface area contributed by atoms with Crippen molar-refractivity contribution in [3.63, 3.8) is 0 Å². The number of rotatable bonds is 4. The maximum absolute atomic E-state index is 13.6. The molecule has 1 saturated heterocycles. The quantitative estimate of drug-likeness (QED) is 0.877. The number of benzene rings is 1. The molecule has 1 fully saturated rings. The molecule has 0 aromatic heterocycles. The van der Waals surface area contributed by atoms with E-state index in [0.717, 1.165) is 12.0 Å². The van der Waals surface area contributed by atoms with Crippen molar-refractivity contribution in [1.82, 2.24) is 15.5 Å². The van der Waals surface area contributed by atoms with Gasteiger partial charge in [0.25, 0.3) is 0 Å². The van der Waals surface area contributed by atoms with Gasteiger partial charge in [0, 0.05) is 25.6 Å². The predicted octanol–water partition coefficient (Wildman–Crippen LogP) is 3.22. The zero-order valence-corrected chi connectivity index (χ0v) is 15.4. The van der Waals surface area contributed by atoms with Crippen LogP contribution in [-0.2, 0) is 4.79 Å². The Kier molecular flexibility index (Phi) is 6.03.